The highest BCUT2D eigenvalue weighted by molar-refractivity contribution is 7.16. The van der Waals surface area contributed by atoms with Crippen LogP contribution in [0.2, 0.25) is 0 Å². The molecule has 3 heterocycles. The van der Waals surface area contributed by atoms with Crippen molar-refractivity contribution in [2.75, 3.05) is 5.32 Å². The lowest BCUT2D eigenvalue weighted by Crippen LogP contribution is -2.23. The topological polar surface area (TPSA) is 76.9 Å². The van der Waals surface area contributed by atoms with Gasteiger partial charge in [-0.1, -0.05) is 0 Å². The largest absolute Gasteiger partial charge is 0.326 e. The zero-order chi connectivity index (χ0) is 14.7. The molecule has 0 atom stereocenters. The van der Waals surface area contributed by atoms with Crippen molar-refractivity contribution in [3.8, 4) is 0 Å². The number of carbonyl (C=O) groups excluding carboxylic acids is 1. The van der Waals surface area contributed by atoms with E-state index in [1.807, 2.05) is 5.38 Å². The van der Waals surface area contributed by atoms with Crippen LogP contribution >= 0.6 is 11.3 Å². The van der Waals surface area contributed by atoms with Crippen molar-refractivity contribution in [3.05, 3.63) is 52.7 Å². The Hall–Kier alpha value is -2.54. The minimum Gasteiger partial charge on any atom is -0.326 e. The summed E-state index contributed by atoms with van der Waals surface area (Å²) in [6.45, 7) is 0.300. The van der Waals surface area contributed by atoms with Crippen molar-refractivity contribution in [2.24, 2.45) is 0 Å². The number of aromatic nitrogens is 3. The Morgan fingerprint density at radius 1 is 1.29 bits per heavy atom. The van der Waals surface area contributed by atoms with Gasteiger partial charge in [-0.15, -0.1) is 11.3 Å². The summed E-state index contributed by atoms with van der Waals surface area (Å²) in [7, 11) is 0. The smallest absolute Gasteiger partial charge is 0.262 e. The van der Waals surface area contributed by atoms with Gasteiger partial charge in [0.15, 0.2) is 0 Å². The number of carbonyl (C=O) groups is 1. The zero-order valence-corrected chi connectivity index (χ0v) is 11.8. The van der Waals surface area contributed by atoms with Crippen molar-refractivity contribution in [1.29, 1.82) is 0 Å². The summed E-state index contributed by atoms with van der Waals surface area (Å²) in [5, 5.41) is 5.18. The summed E-state index contributed by atoms with van der Waals surface area (Å²) in [6.07, 6.45) is 4.91. The maximum absolute atomic E-state index is 12.2. The second-order valence-corrected chi connectivity index (χ2v) is 5.31. The van der Waals surface area contributed by atoms with Crippen LogP contribution in [0, 0.1) is 0 Å². The molecule has 0 aliphatic carbocycles. The molecule has 0 unspecified atom stereocenters. The van der Waals surface area contributed by atoms with E-state index < -0.39 is 0 Å². The van der Waals surface area contributed by atoms with Crippen molar-refractivity contribution in [2.45, 2.75) is 13.0 Å². The number of amides is 1. The van der Waals surface area contributed by atoms with Gasteiger partial charge in [-0.25, -0.2) is 4.98 Å². The Balaban J connectivity index is 1.67. The van der Waals surface area contributed by atoms with E-state index in [0.29, 0.717) is 17.6 Å². The standard InChI is InChI=1S/C14H12N4O2S/c19-12(17-10-1-5-15-6-2-10)3-7-18-9-16-13-11(14(18)20)4-8-21-13/h1-2,4-6,8-9H,3,7H2,(H,15,17,19). The monoisotopic (exact) mass is 300 g/mol. The first-order chi connectivity index (χ1) is 10.2. The van der Waals surface area contributed by atoms with Crippen molar-refractivity contribution >= 4 is 33.1 Å². The fourth-order valence-corrected chi connectivity index (χ4v) is 2.66. The van der Waals surface area contributed by atoms with E-state index in [2.05, 4.69) is 15.3 Å². The maximum Gasteiger partial charge on any atom is 0.262 e. The third-order valence-corrected chi connectivity index (χ3v) is 3.82. The molecule has 0 saturated carbocycles. The first-order valence-corrected chi connectivity index (χ1v) is 7.24. The Morgan fingerprint density at radius 2 is 2.10 bits per heavy atom. The molecule has 3 aromatic rings. The summed E-state index contributed by atoms with van der Waals surface area (Å²) in [6, 6.07) is 5.18. The molecule has 3 rings (SSSR count). The molecule has 3 aromatic heterocycles. The molecule has 6 nitrogen and oxygen atoms in total. The highest BCUT2D eigenvalue weighted by Crippen LogP contribution is 2.13. The zero-order valence-electron chi connectivity index (χ0n) is 11.0. The van der Waals surface area contributed by atoms with E-state index in [0.717, 1.165) is 4.83 Å². The van der Waals surface area contributed by atoms with Gasteiger partial charge < -0.3 is 5.32 Å². The molecule has 0 aliphatic rings. The minimum absolute atomic E-state index is 0.113. The van der Waals surface area contributed by atoms with Crippen LogP contribution < -0.4 is 10.9 Å². The fourth-order valence-electron chi connectivity index (χ4n) is 1.93. The quantitative estimate of drug-likeness (QED) is 0.798. The lowest BCUT2D eigenvalue weighted by Gasteiger charge is -2.06. The molecule has 1 N–H and O–H groups in total. The molecular weight excluding hydrogens is 288 g/mol. The fraction of sp³-hybridized carbons (Fsp3) is 0.143. The third kappa shape index (κ3) is 2.97. The Morgan fingerprint density at radius 3 is 2.90 bits per heavy atom. The maximum atomic E-state index is 12.2. The molecule has 0 radical (unpaired) electrons. The summed E-state index contributed by atoms with van der Waals surface area (Å²) < 4.78 is 1.46. The molecule has 0 bridgehead atoms. The Labute approximate surface area is 124 Å². The first-order valence-electron chi connectivity index (χ1n) is 6.36. The van der Waals surface area contributed by atoms with E-state index in [9.17, 15) is 9.59 Å². The van der Waals surface area contributed by atoms with Gasteiger partial charge in [0, 0.05) is 31.0 Å². The Bertz CT molecular complexity index is 826. The molecule has 0 fully saturated rings. The molecule has 21 heavy (non-hydrogen) atoms. The van der Waals surface area contributed by atoms with Crippen molar-refractivity contribution in [3.63, 3.8) is 0 Å². The van der Waals surface area contributed by atoms with E-state index >= 15 is 0 Å². The summed E-state index contributed by atoms with van der Waals surface area (Å²) in [5.41, 5.74) is 0.576. The van der Waals surface area contributed by atoms with Crippen molar-refractivity contribution < 1.29 is 4.79 Å². The van der Waals surface area contributed by atoms with Gasteiger partial charge >= 0.3 is 0 Å². The summed E-state index contributed by atoms with van der Waals surface area (Å²) in [4.78, 5) is 32.8. The molecule has 0 saturated heterocycles. The van der Waals surface area contributed by atoms with Crippen LogP contribution in [0.1, 0.15) is 6.42 Å². The Kier molecular flexibility index (Phi) is 3.74. The van der Waals surface area contributed by atoms with Gasteiger partial charge in [-0.2, -0.15) is 0 Å². The third-order valence-electron chi connectivity index (χ3n) is 2.99. The van der Waals surface area contributed by atoms with Gasteiger partial charge in [0.05, 0.1) is 11.7 Å². The average molecular weight is 300 g/mol. The highest BCUT2D eigenvalue weighted by Gasteiger charge is 2.07. The van der Waals surface area contributed by atoms with Crippen LogP contribution in [0.4, 0.5) is 5.69 Å². The first kappa shape index (κ1) is 13.4. The summed E-state index contributed by atoms with van der Waals surface area (Å²) >= 11 is 1.43. The lowest BCUT2D eigenvalue weighted by molar-refractivity contribution is -0.116. The van der Waals surface area contributed by atoms with E-state index in [1.165, 1.54) is 22.2 Å². The lowest BCUT2D eigenvalue weighted by atomic mass is 10.3. The van der Waals surface area contributed by atoms with Gasteiger partial charge in [0.2, 0.25) is 5.91 Å². The molecular formula is C14H12N4O2S. The average Bonchev–Trinajstić information content (AvgIpc) is 2.97. The van der Waals surface area contributed by atoms with Crippen LogP contribution in [0.3, 0.4) is 0 Å². The molecule has 7 heteroatoms. The van der Waals surface area contributed by atoms with E-state index in [1.54, 1.807) is 30.6 Å². The number of hydrogen-bond donors (Lipinski definition) is 1. The predicted molar refractivity (Wildman–Crippen MR) is 81.4 cm³/mol. The summed E-state index contributed by atoms with van der Waals surface area (Å²) in [5.74, 6) is -0.154. The number of anilines is 1. The van der Waals surface area contributed by atoms with Gasteiger partial charge in [-0.3, -0.25) is 19.1 Å². The molecule has 106 valence electrons. The minimum atomic E-state index is -0.154. The SMILES string of the molecule is O=C(CCn1cnc2sccc2c1=O)Nc1ccncc1. The number of aryl methyl sites for hydroxylation is 1. The normalized spacial score (nSPS) is 10.7. The number of nitrogens with one attached hydrogen (secondary N) is 1. The predicted octanol–water partition coefficient (Wildman–Crippen LogP) is 1.88. The van der Waals surface area contributed by atoms with Gasteiger partial charge in [-0.05, 0) is 23.6 Å². The van der Waals surface area contributed by atoms with Crippen molar-refractivity contribution in [1.82, 2.24) is 14.5 Å². The molecule has 0 spiro atoms. The number of fused-ring (bicyclic) bond motifs is 1. The van der Waals surface area contributed by atoms with Crippen LogP contribution in [-0.2, 0) is 11.3 Å². The van der Waals surface area contributed by atoms with Crippen LogP contribution in [0.25, 0.3) is 10.2 Å². The van der Waals surface area contributed by atoms with Crippen LogP contribution in [0.5, 0.6) is 0 Å². The second-order valence-electron chi connectivity index (χ2n) is 4.42. The molecule has 0 aliphatic heterocycles. The number of pyridine rings is 1. The number of hydrogen-bond acceptors (Lipinski definition) is 5. The van der Waals surface area contributed by atoms with Crippen LogP contribution in [-0.4, -0.2) is 20.4 Å². The number of thiophene rings is 1. The number of nitrogens with zero attached hydrogens (tertiary/aromatic N) is 3. The highest BCUT2D eigenvalue weighted by atomic mass is 32.1. The van der Waals surface area contributed by atoms with Gasteiger partial charge in [0.25, 0.3) is 5.56 Å². The molecule has 0 aromatic carbocycles. The second kappa shape index (κ2) is 5.84. The molecule has 1 amide bonds. The van der Waals surface area contributed by atoms with E-state index in [-0.39, 0.29) is 17.9 Å². The van der Waals surface area contributed by atoms with Crippen LogP contribution in [0.15, 0.2) is 47.1 Å². The number of rotatable bonds is 4. The van der Waals surface area contributed by atoms with Gasteiger partial charge in [0.1, 0.15) is 4.83 Å². The van der Waals surface area contributed by atoms with E-state index in [4.69, 9.17) is 0 Å².